The van der Waals surface area contributed by atoms with Gasteiger partial charge in [0.2, 0.25) is 5.91 Å². The SMILES string of the molecule is O=C(c1cc(C2CC2)[nH]n1)N1CCN([C@H]2CCCN(CC(F)(F)F)C2=O)CC1. The molecule has 3 aliphatic rings. The molecule has 0 spiro atoms. The van der Waals surface area contributed by atoms with Crippen LogP contribution in [0.4, 0.5) is 13.2 Å². The summed E-state index contributed by atoms with van der Waals surface area (Å²) < 4.78 is 38.0. The number of piperidine rings is 1. The van der Waals surface area contributed by atoms with Crippen molar-refractivity contribution in [3.05, 3.63) is 17.5 Å². The molecular formula is C18H24F3N5O2. The molecule has 1 aromatic rings. The summed E-state index contributed by atoms with van der Waals surface area (Å²) in [7, 11) is 0. The van der Waals surface area contributed by atoms with Crippen molar-refractivity contribution in [2.75, 3.05) is 39.3 Å². The van der Waals surface area contributed by atoms with Gasteiger partial charge in [-0.15, -0.1) is 0 Å². The minimum absolute atomic E-state index is 0.142. The maximum Gasteiger partial charge on any atom is 0.406 e. The molecule has 1 saturated carbocycles. The minimum Gasteiger partial charge on any atom is -0.335 e. The number of aromatic nitrogens is 2. The van der Waals surface area contributed by atoms with E-state index in [2.05, 4.69) is 10.2 Å². The van der Waals surface area contributed by atoms with Crippen molar-refractivity contribution in [2.24, 2.45) is 0 Å². The van der Waals surface area contributed by atoms with Gasteiger partial charge in [-0.3, -0.25) is 19.6 Å². The van der Waals surface area contributed by atoms with Crippen molar-refractivity contribution >= 4 is 11.8 Å². The van der Waals surface area contributed by atoms with Gasteiger partial charge in [0.15, 0.2) is 0 Å². The van der Waals surface area contributed by atoms with Crippen LogP contribution in [0.5, 0.6) is 0 Å². The first-order chi connectivity index (χ1) is 13.3. The van der Waals surface area contributed by atoms with E-state index in [0.29, 0.717) is 50.6 Å². The van der Waals surface area contributed by atoms with Crippen molar-refractivity contribution in [3.8, 4) is 0 Å². The first-order valence-corrected chi connectivity index (χ1v) is 9.76. The van der Waals surface area contributed by atoms with E-state index in [4.69, 9.17) is 0 Å². The Hall–Kier alpha value is -2.10. The van der Waals surface area contributed by atoms with Crippen LogP contribution in [-0.4, -0.2) is 88.2 Å². The number of nitrogens with zero attached hydrogens (tertiary/aromatic N) is 4. The van der Waals surface area contributed by atoms with Gasteiger partial charge in [-0.2, -0.15) is 18.3 Å². The third-order valence-electron chi connectivity index (χ3n) is 5.75. The molecule has 1 aliphatic carbocycles. The second kappa shape index (κ2) is 7.38. The van der Waals surface area contributed by atoms with Gasteiger partial charge >= 0.3 is 6.18 Å². The van der Waals surface area contributed by atoms with E-state index in [0.717, 1.165) is 23.4 Å². The largest absolute Gasteiger partial charge is 0.406 e. The Balaban J connectivity index is 1.32. The summed E-state index contributed by atoms with van der Waals surface area (Å²) in [6.07, 6.45) is -1.02. The lowest BCUT2D eigenvalue weighted by molar-refractivity contribution is -0.168. The average Bonchev–Trinajstić information content (AvgIpc) is 3.39. The van der Waals surface area contributed by atoms with E-state index in [-0.39, 0.29) is 12.5 Å². The molecule has 2 aliphatic heterocycles. The molecule has 0 bridgehead atoms. The summed E-state index contributed by atoms with van der Waals surface area (Å²) in [5.74, 6) is -0.107. The maximum absolute atomic E-state index is 12.7. The van der Waals surface area contributed by atoms with Crippen molar-refractivity contribution < 1.29 is 22.8 Å². The van der Waals surface area contributed by atoms with Gasteiger partial charge in [0.25, 0.3) is 5.91 Å². The minimum atomic E-state index is -4.38. The molecule has 0 aromatic carbocycles. The lowest BCUT2D eigenvalue weighted by atomic mass is 10.0. The van der Waals surface area contributed by atoms with Gasteiger partial charge in [-0.1, -0.05) is 0 Å². The number of H-pyrrole nitrogens is 1. The number of aromatic amines is 1. The van der Waals surface area contributed by atoms with Crippen molar-refractivity contribution in [1.29, 1.82) is 0 Å². The summed E-state index contributed by atoms with van der Waals surface area (Å²) in [5, 5.41) is 7.05. The molecule has 7 nitrogen and oxygen atoms in total. The Kier molecular flexibility index (Phi) is 5.07. The number of carbonyl (C=O) groups is 2. The van der Waals surface area contributed by atoms with E-state index in [1.54, 1.807) is 4.90 Å². The lowest BCUT2D eigenvalue weighted by Gasteiger charge is -2.42. The van der Waals surface area contributed by atoms with Crippen LogP contribution in [0.1, 0.15) is 47.8 Å². The van der Waals surface area contributed by atoms with E-state index in [9.17, 15) is 22.8 Å². The van der Waals surface area contributed by atoms with E-state index in [1.165, 1.54) is 0 Å². The number of piperazine rings is 1. The number of rotatable bonds is 4. The summed E-state index contributed by atoms with van der Waals surface area (Å²) in [6, 6.07) is 1.28. The number of halogens is 3. The Morgan fingerprint density at radius 1 is 1.14 bits per heavy atom. The number of likely N-dealkylation sites (tertiary alicyclic amines) is 1. The molecule has 2 saturated heterocycles. The zero-order valence-corrected chi connectivity index (χ0v) is 15.5. The maximum atomic E-state index is 12.7. The molecule has 0 radical (unpaired) electrons. The standard InChI is InChI=1S/C18H24F3N5O2/c19-18(20,21)11-26-5-1-2-15(17(26)28)24-6-8-25(9-7-24)16(27)14-10-13(22-23-14)12-3-4-12/h10,12,15H,1-9,11H2,(H,22,23)/t15-/m0/s1. The van der Waals surface area contributed by atoms with Gasteiger partial charge in [0, 0.05) is 44.3 Å². The first-order valence-electron chi connectivity index (χ1n) is 9.76. The van der Waals surface area contributed by atoms with E-state index < -0.39 is 24.7 Å². The van der Waals surface area contributed by atoms with E-state index in [1.807, 2.05) is 11.0 Å². The fourth-order valence-electron chi connectivity index (χ4n) is 4.08. The normalized spacial score (nSPS) is 24.7. The number of amides is 2. The Morgan fingerprint density at radius 3 is 2.50 bits per heavy atom. The van der Waals surface area contributed by atoms with Crippen molar-refractivity contribution in [1.82, 2.24) is 24.9 Å². The highest BCUT2D eigenvalue weighted by molar-refractivity contribution is 5.92. The molecule has 28 heavy (non-hydrogen) atoms. The second-order valence-electron chi connectivity index (χ2n) is 7.84. The van der Waals surface area contributed by atoms with E-state index >= 15 is 0 Å². The predicted octanol–water partition coefficient (Wildman–Crippen LogP) is 1.60. The number of hydrogen-bond acceptors (Lipinski definition) is 4. The Morgan fingerprint density at radius 2 is 1.86 bits per heavy atom. The Bertz CT molecular complexity index is 738. The fourth-order valence-corrected chi connectivity index (χ4v) is 4.08. The molecule has 3 fully saturated rings. The Labute approximate surface area is 160 Å². The highest BCUT2D eigenvalue weighted by Crippen LogP contribution is 2.39. The van der Waals surface area contributed by atoms with Crippen LogP contribution in [0, 0.1) is 0 Å². The zero-order valence-electron chi connectivity index (χ0n) is 15.5. The molecule has 1 atom stereocenters. The van der Waals surface area contributed by atoms with Crippen LogP contribution in [0.3, 0.4) is 0 Å². The van der Waals surface area contributed by atoms with Crippen molar-refractivity contribution in [2.45, 2.75) is 43.8 Å². The quantitative estimate of drug-likeness (QED) is 0.835. The van der Waals surface area contributed by atoms with Gasteiger partial charge in [0.1, 0.15) is 12.2 Å². The lowest BCUT2D eigenvalue weighted by Crippen LogP contribution is -2.59. The topological polar surface area (TPSA) is 72.5 Å². The number of alkyl halides is 3. The molecule has 1 N–H and O–H groups in total. The summed E-state index contributed by atoms with van der Waals surface area (Å²) in [4.78, 5) is 29.7. The van der Waals surface area contributed by atoms with Gasteiger partial charge in [0.05, 0.1) is 6.04 Å². The third-order valence-corrected chi connectivity index (χ3v) is 5.75. The molecular weight excluding hydrogens is 375 g/mol. The highest BCUT2D eigenvalue weighted by atomic mass is 19.4. The average molecular weight is 399 g/mol. The highest BCUT2D eigenvalue weighted by Gasteiger charge is 2.40. The smallest absolute Gasteiger partial charge is 0.335 e. The summed E-state index contributed by atoms with van der Waals surface area (Å²) in [5.41, 5.74) is 1.40. The first kappa shape index (κ1) is 19.2. The molecule has 4 rings (SSSR count). The van der Waals surface area contributed by atoms with Crippen LogP contribution >= 0.6 is 0 Å². The van der Waals surface area contributed by atoms with Crippen LogP contribution in [-0.2, 0) is 4.79 Å². The predicted molar refractivity (Wildman–Crippen MR) is 93.7 cm³/mol. The summed E-state index contributed by atoms with van der Waals surface area (Å²) >= 11 is 0. The molecule has 1 aromatic heterocycles. The molecule has 2 amide bonds. The van der Waals surface area contributed by atoms with Gasteiger partial charge in [-0.25, -0.2) is 0 Å². The van der Waals surface area contributed by atoms with Crippen LogP contribution < -0.4 is 0 Å². The number of hydrogen-bond donors (Lipinski definition) is 1. The van der Waals surface area contributed by atoms with Crippen LogP contribution in [0.25, 0.3) is 0 Å². The van der Waals surface area contributed by atoms with Crippen molar-refractivity contribution in [3.63, 3.8) is 0 Å². The van der Waals surface area contributed by atoms with Gasteiger partial charge in [-0.05, 0) is 31.7 Å². The molecule has 0 unspecified atom stereocenters. The zero-order chi connectivity index (χ0) is 19.9. The number of nitrogens with one attached hydrogen (secondary N) is 1. The molecule has 10 heteroatoms. The molecule has 3 heterocycles. The van der Waals surface area contributed by atoms with Gasteiger partial charge < -0.3 is 9.80 Å². The number of carbonyl (C=O) groups excluding carboxylic acids is 2. The molecule has 154 valence electrons. The second-order valence-corrected chi connectivity index (χ2v) is 7.84. The summed E-state index contributed by atoms with van der Waals surface area (Å²) in [6.45, 7) is 0.782. The monoisotopic (exact) mass is 399 g/mol. The third kappa shape index (κ3) is 4.16. The van der Waals surface area contributed by atoms with Crippen LogP contribution in [0.15, 0.2) is 6.07 Å². The van der Waals surface area contributed by atoms with Crippen LogP contribution in [0.2, 0.25) is 0 Å². The fraction of sp³-hybridized carbons (Fsp3) is 0.722.